The molecule has 0 bridgehead atoms. The highest BCUT2D eigenvalue weighted by Crippen LogP contribution is 2.44. The Morgan fingerprint density at radius 3 is 2.43 bits per heavy atom. The highest BCUT2D eigenvalue weighted by Gasteiger charge is 2.69. The maximum absolute atomic E-state index is 12.6. The summed E-state index contributed by atoms with van der Waals surface area (Å²) in [5.41, 5.74) is -2.72. The van der Waals surface area contributed by atoms with E-state index in [-0.39, 0.29) is 12.2 Å². The average Bonchev–Trinajstić information content (AvgIpc) is 2.85. The fraction of sp³-hybridized carbons (Fsp3) is 0.643. The van der Waals surface area contributed by atoms with E-state index in [1.165, 1.54) is 6.92 Å². The van der Waals surface area contributed by atoms with Gasteiger partial charge in [0.1, 0.15) is 17.6 Å². The maximum atomic E-state index is 12.6. The first-order valence-electron chi connectivity index (χ1n) is 6.57. The van der Waals surface area contributed by atoms with Crippen molar-refractivity contribution in [3.63, 3.8) is 0 Å². The van der Waals surface area contributed by atoms with Gasteiger partial charge in [0.15, 0.2) is 0 Å². The summed E-state index contributed by atoms with van der Waals surface area (Å²) in [4.78, 5) is 38.4. The molecule has 0 unspecified atom stereocenters. The predicted octanol–water partition coefficient (Wildman–Crippen LogP) is 0.544. The van der Waals surface area contributed by atoms with E-state index in [0.717, 1.165) is 12.0 Å². The molecule has 2 aliphatic heterocycles. The molecule has 1 N–H and O–H groups in total. The lowest BCUT2D eigenvalue weighted by Gasteiger charge is -2.35. The van der Waals surface area contributed by atoms with Gasteiger partial charge < -0.3 is 14.6 Å². The van der Waals surface area contributed by atoms with Crippen LogP contribution in [0.25, 0.3) is 0 Å². The molecule has 2 aliphatic rings. The molecular formula is C14H19NO6. The predicted molar refractivity (Wildman–Crippen MR) is 71.1 cm³/mol. The van der Waals surface area contributed by atoms with Gasteiger partial charge in [-0.15, -0.1) is 0 Å². The van der Waals surface area contributed by atoms with Gasteiger partial charge in [-0.3, -0.25) is 14.5 Å². The van der Waals surface area contributed by atoms with Crippen molar-refractivity contribution >= 4 is 17.7 Å². The first kappa shape index (κ1) is 15.5. The normalized spacial score (nSPS) is 31.5. The summed E-state index contributed by atoms with van der Waals surface area (Å²) in [5, 5.41) is 9.62. The van der Waals surface area contributed by atoms with Crippen LogP contribution in [0.2, 0.25) is 0 Å². The molecule has 0 aromatic carbocycles. The Balaban J connectivity index is 2.66. The van der Waals surface area contributed by atoms with Crippen molar-refractivity contribution in [1.29, 1.82) is 0 Å². The molecule has 1 amide bonds. The van der Waals surface area contributed by atoms with Gasteiger partial charge in [-0.25, -0.2) is 4.79 Å². The number of amides is 1. The number of fused-ring (bicyclic) bond motifs is 1. The number of nitrogens with zero attached hydrogens (tertiary/aromatic N) is 1. The number of ether oxygens (including phenoxy) is 2. The molecule has 0 aromatic rings. The van der Waals surface area contributed by atoms with E-state index in [2.05, 4.69) is 0 Å². The largest absolute Gasteiger partial charge is 0.512 e. The van der Waals surface area contributed by atoms with Crippen molar-refractivity contribution in [2.75, 3.05) is 13.7 Å². The van der Waals surface area contributed by atoms with E-state index in [4.69, 9.17) is 9.47 Å². The lowest BCUT2D eigenvalue weighted by molar-refractivity contribution is -0.160. The SMILES string of the molecule is COC(=O)[C@@]12CO[C@@H](C(C)(C)C)N1C(=O)/C(=C(/C)O)C2=O. The molecule has 2 fully saturated rings. The van der Waals surface area contributed by atoms with Gasteiger partial charge in [0.25, 0.3) is 5.91 Å². The molecule has 21 heavy (non-hydrogen) atoms. The second-order valence-electron chi connectivity index (χ2n) is 6.35. The zero-order valence-electron chi connectivity index (χ0n) is 12.7. The van der Waals surface area contributed by atoms with Gasteiger partial charge in [-0.1, -0.05) is 20.8 Å². The molecule has 2 atom stereocenters. The van der Waals surface area contributed by atoms with Crippen LogP contribution in [-0.2, 0) is 23.9 Å². The van der Waals surface area contributed by atoms with Crippen LogP contribution in [0.4, 0.5) is 0 Å². The highest BCUT2D eigenvalue weighted by molar-refractivity contribution is 6.35. The lowest BCUT2D eigenvalue weighted by atomic mass is 9.91. The third kappa shape index (κ3) is 1.87. The zero-order chi connectivity index (χ0) is 16.2. The van der Waals surface area contributed by atoms with Crippen LogP contribution in [0.5, 0.6) is 0 Å². The number of esters is 1. The van der Waals surface area contributed by atoms with Gasteiger partial charge >= 0.3 is 5.97 Å². The van der Waals surface area contributed by atoms with Crippen molar-refractivity contribution < 1.29 is 29.0 Å². The smallest absolute Gasteiger partial charge is 0.342 e. The van der Waals surface area contributed by atoms with Gasteiger partial charge in [-0.05, 0) is 6.92 Å². The average molecular weight is 297 g/mol. The van der Waals surface area contributed by atoms with Crippen molar-refractivity contribution in [2.45, 2.75) is 39.5 Å². The third-order valence-corrected chi connectivity index (χ3v) is 3.76. The summed E-state index contributed by atoms with van der Waals surface area (Å²) in [7, 11) is 1.14. The van der Waals surface area contributed by atoms with Crippen LogP contribution in [0.15, 0.2) is 11.3 Å². The van der Waals surface area contributed by atoms with Gasteiger partial charge in [0.2, 0.25) is 11.3 Å². The summed E-state index contributed by atoms with van der Waals surface area (Å²) < 4.78 is 10.3. The Morgan fingerprint density at radius 2 is 2.00 bits per heavy atom. The van der Waals surface area contributed by atoms with E-state index in [1.807, 2.05) is 20.8 Å². The molecule has 7 heteroatoms. The van der Waals surface area contributed by atoms with E-state index < -0.39 is 40.6 Å². The standard InChI is InChI=1S/C14H19NO6/c1-7(16)8-9(17)14(12(19)20-5)6-21-11(13(2,3)4)15(14)10(8)18/h11,16H,6H2,1-5H3/b8-7-/t11-,14-/m0/s1. The maximum Gasteiger partial charge on any atom is 0.342 e. The van der Waals surface area contributed by atoms with Crippen LogP contribution < -0.4 is 0 Å². The quantitative estimate of drug-likeness (QED) is 0.250. The minimum absolute atomic E-state index is 0.275. The first-order valence-corrected chi connectivity index (χ1v) is 6.57. The lowest BCUT2D eigenvalue weighted by Crippen LogP contribution is -2.57. The van der Waals surface area contributed by atoms with Crippen molar-refractivity contribution in [3.05, 3.63) is 11.3 Å². The summed E-state index contributed by atoms with van der Waals surface area (Å²) in [5.74, 6) is -2.74. The minimum Gasteiger partial charge on any atom is -0.512 e. The summed E-state index contributed by atoms with van der Waals surface area (Å²) in [6, 6.07) is 0. The second kappa shape index (κ2) is 4.56. The number of carbonyl (C=O) groups excluding carboxylic acids is 3. The second-order valence-corrected chi connectivity index (χ2v) is 6.35. The number of rotatable bonds is 1. The van der Waals surface area contributed by atoms with Gasteiger partial charge in [0.05, 0.1) is 13.7 Å². The van der Waals surface area contributed by atoms with E-state index >= 15 is 0 Å². The van der Waals surface area contributed by atoms with Crippen molar-refractivity contribution in [1.82, 2.24) is 4.90 Å². The number of carbonyl (C=O) groups is 3. The molecule has 2 saturated heterocycles. The van der Waals surface area contributed by atoms with E-state index in [9.17, 15) is 19.5 Å². The van der Waals surface area contributed by atoms with Crippen LogP contribution in [0.3, 0.4) is 0 Å². The Kier molecular flexibility index (Phi) is 3.36. The number of ketones is 1. The topological polar surface area (TPSA) is 93.1 Å². The first-order chi connectivity index (χ1) is 9.59. The highest BCUT2D eigenvalue weighted by atomic mass is 16.6. The van der Waals surface area contributed by atoms with E-state index in [1.54, 1.807) is 0 Å². The Labute approximate surface area is 122 Å². The fourth-order valence-electron chi connectivity index (χ4n) is 2.80. The number of aliphatic hydroxyl groups excluding tert-OH is 1. The Bertz CT molecular complexity index is 554. The molecule has 0 spiro atoms. The number of aliphatic hydroxyl groups is 1. The molecule has 0 radical (unpaired) electrons. The van der Waals surface area contributed by atoms with Crippen LogP contribution in [0, 0.1) is 5.41 Å². The van der Waals surface area contributed by atoms with Gasteiger partial charge in [-0.2, -0.15) is 0 Å². The molecule has 0 aromatic heterocycles. The van der Waals surface area contributed by atoms with Crippen LogP contribution in [-0.4, -0.2) is 53.1 Å². The molecule has 0 saturated carbocycles. The summed E-state index contributed by atoms with van der Waals surface area (Å²) in [6.45, 7) is 6.46. The zero-order valence-corrected chi connectivity index (χ0v) is 12.7. The van der Waals surface area contributed by atoms with Crippen LogP contribution in [0.1, 0.15) is 27.7 Å². The summed E-state index contributed by atoms with van der Waals surface area (Å²) >= 11 is 0. The van der Waals surface area contributed by atoms with E-state index in [0.29, 0.717) is 0 Å². The molecule has 116 valence electrons. The Morgan fingerprint density at radius 1 is 1.43 bits per heavy atom. The number of allylic oxidation sites excluding steroid dienone is 1. The molecule has 2 rings (SSSR count). The summed E-state index contributed by atoms with van der Waals surface area (Å²) in [6.07, 6.45) is -0.759. The van der Waals surface area contributed by atoms with Crippen molar-refractivity contribution in [3.8, 4) is 0 Å². The van der Waals surface area contributed by atoms with Gasteiger partial charge in [0, 0.05) is 5.41 Å². The molecular weight excluding hydrogens is 278 g/mol. The fourth-order valence-corrected chi connectivity index (χ4v) is 2.80. The number of hydrogen-bond donors (Lipinski definition) is 1. The molecule has 0 aliphatic carbocycles. The molecule has 7 nitrogen and oxygen atoms in total. The number of Topliss-reactive ketones (excluding diaryl/α,β-unsaturated/α-hetero) is 1. The molecule has 2 heterocycles. The minimum atomic E-state index is -1.83. The Hall–Kier alpha value is -1.89. The van der Waals surface area contributed by atoms with Crippen molar-refractivity contribution in [2.24, 2.45) is 5.41 Å². The van der Waals surface area contributed by atoms with Crippen LogP contribution >= 0.6 is 0 Å². The monoisotopic (exact) mass is 297 g/mol. The number of methoxy groups -OCH3 is 1. The number of hydrogen-bond acceptors (Lipinski definition) is 6. The third-order valence-electron chi connectivity index (χ3n) is 3.76.